The van der Waals surface area contributed by atoms with E-state index in [1.807, 2.05) is 6.92 Å². The Kier molecular flexibility index (Phi) is 4.12. The highest BCUT2D eigenvalue weighted by molar-refractivity contribution is 5.94. The lowest BCUT2D eigenvalue weighted by Crippen LogP contribution is -2.40. The summed E-state index contributed by atoms with van der Waals surface area (Å²) < 4.78 is 0. The van der Waals surface area contributed by atoms with Crippen LogP contribution in [0.3, 0.4) is 0 Å². The van der Waals surface area contributed by atoms with E-state index < -0.39 is 5.60 Å². The van der Waals surface area contributed by atoms with Crippen molar-refractivity contribution < 1.29 is 15.0 Å². The van der Waals surface area contributed by atoms with Crippen LogP contribution in [0.2, 0.25) is 0 Å². The van der Waals surface area contributed by atoms with Gasteiger partial charge in [0, 0.05) is 12.1 Å². The molecule has 17 heavy (non-hydrogen) atoms. The average molecular weight is 237 g/mol. The SMILES string of the molecule is CCC(C)(O)CNC(=O)c1ccc(C)c(O)c1. The number of carbonyl (C=O) groups is 1. The van der Waals surface area contributed by atoms with Crippen molar-refractivity contribution >= 4 is 5.91 Å². The molecule has 0 bridgehead atoms. The van der Waals surface area contributed by atoms with Gasteiger partial charge in [0.15, 0.2) is 0 Å². The number of hydrogen-bond donors (Lipinski definition) is 3. The molecule has 4 nitrogen and oxygen atoms in total. The van der Waals surface area contributed by atoms with Crippen LogP contribution in [0.25, 0.3) is 0 Å². The first-order valence-electron chi connectivity index (χ1n) is 5.66. The highest BCUT2D eigenvalue weighted by atomic mass is 16.3. The van der Waals surface area contributed by atoms with Crippen molar-refractivity contribution in [3.05, 3.63) is 29.3 Å². The Bertz CT molecular complexity index is 413. The van der Waals surface area contributed by atoms with Gasteiger partial charge >= 0.3 is 0 Å². The quantitative estimate of drug-likeness (QED) is 0.744. The van der Waals surface area contributed by atoms with Crippen LogP contribution in [-0.4, -0.2) is 28.3 Å². The summed E-state index contributed by atoms with van der Waals surface area (Å²) in [6.45, 7) is 5.47. The summed E-state index contributed by atoms with van der Waals surface area (Å²) in [7, 11) is 0. The maximum absolute atomic E-state index is 11.7. The summed E-state index contributed by atoms with van der Waals surface area (Å²) in [5.74, 6) is -0.200. The molecule has 1 atom stereocenters. The van der Waals surface area contributed by atoms with Gasteiger partial charge in [-0.1, -0.05) is 13.0 Å². The number of rotatable bonds is 4. The van der Waals surface area contributed by atoms with Crippen LogP contribution in [0, 0.1) is 6.92 Å². The van der Waals surface area contributed by atoms with Crippen molar-refractivity contribution in [2.24, 2.45) is 0 Å². The zero-order chi connectivity index (χ0) is 13.1. The first-order valence-corrected chi connectivity index (χ1v) is 5.66. The van der Waals surface area contributed by atoms with Gasteiger partial charge in [0.05, 0.1) is 5.60 Å². The van der Waals surface area contributed by atoms with Crippen LogP contribution in [0.15, 0.2) is 18.2 Å². The minimum atomic E-state index is -0.900. The van der Waals surface area contributed by atoms with E-state index in [0.717, 1.165) is 5.56 Å². The fraction of sp³-hybridized carbons (Fsp3) is 0.462. The molecular formula is C13H19NO3. The van der Waals surface area contributed by atoms with Gasteiger partial charge in [0.25, 0.3) is 5.91 Å². The van der Waals surface area contributed by atoms with Crippen LogP contribution in [0.4, 0.5) is 0 Å². The molecule has 1 unspecified atom stereocenters. The Hall–Kier alpha value is -1.55. The lowest BCUT2D eigenvalue weighted by Gasteiger charge is -2.21. The number of aliphatic hydroxyl groups is 1. The lowest BCUT2D eigenvalue weighted by atomic mass is 10.0. The summed E-state index contributed by atoms with van der Waals surface area (Å²) >= 11 is 0. The van der Waals surface area contributed by atoms with Crippen LogP contribution in [-0.2, 0) is 0 Å². The van der Waals surface area contributed by atoms with E-state index in [-0.39, 0.29) is 18.2 Å². The minimum absolute atomic E-state index is 0.0971. The molecule has 0 heterocycles. The highest BCUT2D eigenvalue weighted by Crippen LogP contribution is 2.17. The van der Waals surface area contributed by atoms with E-state index in [9.17, 15) is 15.0 Å². The summed E-state index contributed by atoms with van der Waals surface area (Å²) in [6, 6.07) is 4.75. The third-order valence-electron chi connectivity index (χ3n) is 2.86. The molecule has 3 N–H and O–H groups in total. The molecule has 0 saturated heterocycles. The Morgan fingerprint density at radius 3 is 2.65 bits per heavy atom. The van der Waals surface area contributed by atoms with Gasteiger partial charge in [-0.25, -0.2) is 0 Å². The molecule has 0 fully saturated rings. The molecule has 1 aromatic carbocycles. The molecule has 1 aromatic rings. The van der Waals surface area contributed by atoms with Gasteiger partial charge in [-0.15, -0.1) is 0 Å². The van der Waals surface area contributed by atoms with Crippen molar-refractivity contribution in [3.63, 3.8) is 0 Å². The minimum Gasteiger partial charge on any atom is -0.508 e. The van der Waals surface area contributed by atoms with Crippen LogP contribution >= 0.6 is 0 Å². The lowest BCUT2D eigenvalue weighted by molar-refractivity contribution is 0.0518. The molecular weight excluding hydrogens is 218 g/mol. The molecule has 0 aliphatic rings. The van der Waals surface area contributed by atoms with E-state index >= 15 is 0 Å². The van der Waals surface area contributed by atoms with E-state index in [2.05, 4.69) is 5.32 Å². The number of nitrogens with one attached hydrogen (secondary N) is 1. The van der Waals surface area contributed by atoms with Gasteiger partial charge < -0.3 is 15.5 Å². The number of aromatic hydroxyl groups is 1. The van der Waals surface area contributed by atoms with E-state index in [1.54, 1.807) is 26.0 Å². The topological polar surface area (TPSA) is 69.6 Å². The number of carbonyl (C=O) groups excluding carboxylic acids is 1. The molecule has 1 amide bonds. The van der Waals surface area contributed by atoms with Gasteiger partial charge in [0.2, 0.25) is 0 Å². The Labute approximate surface area is 101 Å². The number of hydrogen-bond acceptors (Lipinski definition) is 3. The molecule has 0 aromatic heterocycles. The summed E-state index contributed by atoms with van der Waals surface area (Å²) in [4.78, 5) is 11.7. The highest BCUT2D eigenvalue weighted by Gasteiger charge is 2.18. The Balaban J connectivity index is 2.68. The zero-order valence-electron chi connectivity index (χ0n) is 10.4. The van der Waals surface area contributed by atoms with Crippen molar-refractivity contribution in [2.75, 3.05) is 6.54 Å². The van der Waals surface area contributed by atoms with Gasteiger partial charge in [-0.2, -0.15) is 0 Å². The number of benzene rings is 1. The fourth-order valence-corrected chi connectivity index (χ4v) is 1.25. The van der Waals surface area contributed by atoms with Crippen molar-refractivity contribution in [1.82, 2.24) is 5.32 Å². The normalized spacial score (nSPS) is 14.1. The number of amides is 1. The van der Waals surface area contributed by atoms with Crippen molar-refractivity contribution in [1.29, 1.82) is 0 Å². The smallest absolute Gasteiger partial charge is 0.251 e. The van der Waals surface area contributed by atoms with Crippen molar-refractivity contribution in [2.45, 2.75) is 32.8 Å². The molecule has 0 spiro atoms. The molecule has 0 saturated carbocycles. The second kappa shape index (κ2) is 5.19. The van der Waals surface area contributed by atoms with Gasteiger partial charge in [-0.3, -0.25) is 4.79 Å². The number of phenolic OH excluding ortho intramolecular Hbond substituents is 1. The second-order valence-corrected chi connectivity index (χ2v) is 4.53. The van der Waals surface area contributed by atoms with Crippen LogP contribution < -0.4 is 5.32 Å². The third-order valence-corrected chi connectivity index (χ3v) is 2.86. The second-order valence-electron chi connectivity index (χ2n) is 4.53. The largest absolute Gasteiger partial charge is 0.508 e. The predicted octanol–water partition coefficient (Wildman–Crippen LogP) is 1.59. The van der Waals surface area contributed by atoms with E-state index in [0.29, 0.717) is 12.0 Å². The van der Waals surface area contributed by atoms with E-state index in [4.69, 9.17) is 0 Å². The maximum atomic E-state index is 11.7. The monoisotopic (exact) mass is 237 g/mol. The molecule has 0 aliphatic carbocycles. The third kappa shape index (κ3) is 3.75. The predicted molar refractivity (Wildman–Crippen MR) is 66.1 cm³/mol. The summed E-state index contributed by atoms with van der Waals surface area (Å²) in [6.07, 6.45) is 0.562. The van der Waals surface area contributed by atoms with Crippen LogP contribution in [0.5, 0.6) is 5.75 Å². The Morgan fingerprint density at radius 1 is 1.47 bits per heavy atom. The maximum Gasteiger partial charge on any atom is 0.251 e. The average Bonchev–Trinajstić information content (AvgIpc) is 2.30. The zero-order valence-corrected chi connectivity index (χ0v) is 10.4. The summed E-state index contributed by atoms with van der Waals surface area (Å²) in [5.41, 5.74) is 0.213. The summed E-state index contributed by atoms with van der Waals surface area (Å²) in [5, 5.41) is 21.9. The van der Waals surface area contributed by atoms with Gasteiger partial charge in [0.1, 0.15) is 5.75 Å². The number of phenols is 1. The van der Waals surface area contributed by atoms with Crippen molar-refractivity contribution in [3.8, 4) is 5.75 Å². The van der Waals surface area contributed by atoms with Crippen LogP contribution in [0.1, 0.15) is 36.2 Å². The van der Waals surface area contributed by atoms with Gasteiger partial charge in [-0.05, 0) is 38.0 Å². The first kappa shape index (κ1) is 13.5. The standard InChI is InChI=1S/C13H19NO3/c1-4-13(3,17)8-14-12(16)10-6-5-9(2)11(15)7-10/h5-7,15,17H,4,8H2,1-3H3,(H,14,16). The molecule has 0 radical (unpaired) electrons. The Morgan fingerprint density at radius 2 is 2.12 bits per heavy atom. The molecule has 4 heteroatoms. The molecule has 1 rings (SSSR count). The number of aryl methyl sites for hydroxylation is 1. The fourth-order valence-electron chi connectivity index (χ4n) is 1.25. The molecule has 0 aliphatic heterocycles. The molecule has 94 valence electrons. The van der Waals surface area contributed by atoms with E-state index in [1.165, 1.54) is 6.07 Å². The first-order chi connectivity index (χ1) is 7.85.